The molecule has 0 saturated heterocycles. The van der Waals surface area contributed by atoms with Crippen LogP contribution in [-0.2, 0) is 4.79 Å². The van der Waals surface area contributed by atoms with Crippen LogP contribution < -0.4 is 5.43 Å². The summed E-state index contributed by atoms with van der Waals surface area (Å²) in [5, 5.41) is 3.81. The molecule has 0 aliphatic heterocycles. The number of nitrogens with zero attached hydrogens (tertiary/aromatic N) is 1. The standard InChI is InChI=1S/C9H18N2O/c1-7(9(3,4)5)6-10-11-8(2)12/h6-7H,1-5H3,(H,11,12)/b10-6+. The molecule has 0 spiro atoms. The maximum atomic E-state index is 10.5. The van der Waals surface area contributed by atoms with Gasteiger partial charge in [0.25, 0.3) is 0 Å². The van der Waals surface area contributed by atoms with Crippen LogP contribution in [0.2, 0.25) is 0 Å². The van der Waals surface area contributed by atoms with Crippen LogP contribution in [0.25, 0.3) is 0 Å². The van der Waals surface area contributed by atoms with Crippen LogP contribution in [0.3, 0.4) is 0 Å². The summed E-state index contributed by atoms with van der Waals surface area (Å²) in [7, 11) is 0. The number of hydrazone groups is 1. The molecule has 1 atom stereocenters. The summed E-state index contributed by atoms with van der Waals surface area (Å²) < 4.78 is 0. The molecule has 0 aromatic heterocycles. The third kappa shape index (κ3) is 4.88. The zero-order valence-electron chi connectivity index (χ0n) is 8.51. The first kappa shape index (κ1) is 11.1. The molecular weight excluding hydrogens is 152 g/mol. The van der Waals surface area contributed by atoms with Crippen molar-refractivity contribution >= 4 is 12.1 Å². The predicted octanol–water partition coefficient (Wildman–Crippen LogP) is 1.79. The van der Waals surface area contributed by atoms with Gasteiger partial charge in [-0.25, -0.2) is 5.43 Å². The Labute approximate surface area is 74.2 Å². The van der Waals surface area contributed by atoms with E-state index in [-0.39, 0.29) is 11.3 Å². The van der Waals surface area contributed by atoms with Crippen LogP contribution >= 0.6 is 0 Å². The highest BCUT2D eigenvalue weighted by molar-refractivity contribution is 5.74. The summed E-state index contributed by atoms with van der Waals surface area (Å²) in [6.45, 7) is 9.93. The van der Waals surface area contributed by atoms with Gasteiger partial charge in [0.2, 0.25) is 5.91 Å². The molecule has 0 rings (SSSR count). The third-order valence-electron chi connectivity index (χ3n) is 1.89. The van der Waals surface area contributed by atoms with Crippen molar-refractivity contribution in [3.8, 4) is 0 Å². The Kier molecular flexibility index (Phi) is 3.93. The van der Waals surface area contributed by atoms with Crippen molar-refractivity contribution in [2.24, 2.45) is 16.4 Å². The predicted molar refractivity (Wildman–Crippen MR) is 50.9 cm³/mol. The van der Waals surface area contributed by atoms with Crippen molar-refractivity contribution in [2.75, 3.05) is 0 Å². The van der Waals surface area contributed by atoms with E-state index >= 15 is 0 Å². The molecule has 70 valence electrons. The van der Waals surface area contributed by atoms with Gasteiger partial charge in [0.05, 0.1) is 0 Å². The van der Waals surface area contributed by atoms with E-state index in [1.54, 1.807) is 6.21 Å². The summed E-state index contributed by atoms with van der Waals surface area (Å²) in [6, 6.07) is 0. The lowest BCUT2D eigenvalue weighted by molar-refractivity contribution is -0.118. The molecule has 0 saturated carbocycles. The van der Waals surface area contributed by atoms with Crippen molar-refractivity contribution in [1.82, 2.24) is 5.43 Å². The van der Waals surface area contributed by atoms with Crippen molar-refractivity contribution in [3.63, 3.8) is 0 Å². The Morgan fingerprint density at radius 3 is 2.33 bits per heavy atom. The van der Waals surface area contributed by atoms with E-state index in [0.29, 0.717) is 5.92 Å². The molecule has 0 bridgehead atoms. The molecule has 0 heterocycles. The van der Waals surface area contributed by atoms with E-state index < -0.39 is 0 Å². The smallest absolute Gasteiger partial charge is 0.236 e. The lowest BCUT2D eigenvalue weighted by Crippen LogP contribution is -2.21. The molecule has 1 unspecified atom stereocenters. The molecule has 3 heteroatoms. The average Bonchev–Trinajstić information content (AvgIpc) is 1.84. The fraction of sp³-hybridized carbons (Fsp3) is 0.778. The van der Waals surface area contributed by atoms with Gasteiger partial charge in [0.1, 0.15) is 0 Å². The first-order valence-electron chi connectivity index (χ1n) is 4.14. The maximum Gasteiger partial charge on any atom is 0.236 e. The molecule has 1 amide bonds. The van der Waals surface area contributed by atoms with E-state index in [9.17, 15) is 4.79 Å². The first-order chi connectivity index (χ1) is 5.34. The highest BCUT2D eigenvalue weighted by atomic mass is 16.2. The second kappa shape index (κ2) is 4.24. The van der Waals surface area contributed by atoms with Crippen LogP contribution in [0.1, 0.15) is 34.6 Å². The van der Waals surface area contributed by atoms with Crippen molar-refractivity contribution < 1.29 is 4.79 Å². The number of hydrogen-bond donors (Lipinski definition) is 1. The molecule has 0 fully saturated rings. The van der Waals surface area contributed by atoms with Gasteiger partial charge >= 0.3 is 0 Å². The number of nitrogens with one attached hydrogen (secondary N) is 1. The zero-order chi connectivity index (χ0) is 9.78. The number of rotatable bonds is 2. The highest BCUT2D eigenvalue weighted by Crippen LogP contribution is 2.23. The molecule has 1 N–H and O–H groups in total. The Hall–Kier alpha value is -0.860. The minimum Gasteiger partial charge on any atom is -0.274 e. The topological polar surface area (TPSA) is 41.5 Å². The molecule has 0 radical (unpaired) electrons. The van der Waals surface area contributed by atoms with E-state index in [0.717, 1.165) is 0 Å². The molecular formula is C9H18N2O. The maximum absolute atomic E-state index is 10.5. The third-order valence-corrected chi connectivity index (χ3v) is 1.89. The van der Waals surface area contributed by atoms with E-state index in [1.807, 2.05) is 0 Å². The van der Waals surface area contributed by atoms with Gasteiger partial charge in [-0.1, -0.05) is 27.7 Å². The second-order valence-electron chi connectivity index (χ2n) is 4.10. The molecule has 0 aliphatic carbocycles. The van der Waals surface area contributed by atoms with Crippen LogP contribution in [0.4, 0.5) is 0 Å². The van der Waals surface area contributed by atoms with Gasteiger partial charge in [-0.2, -0.15) is 5.10 Å². The minimum atomic E-state index is -0.132. The van der Waals surface area contributed by atoms with Gasteiger partial charge in [-0.3, -0.25) is 4.79 Å². The number of carbonyl (C=O) groups is 1. The lowest BCUT2D eigenvalue weighted by atomic mass is 9.83. The van der Waals surface area contributed by atoms with Crippen molar-refractivity contribution in [2.45, 2.75) is 34.6 Å². The number of amides is 1. The summed E-state index contributed by atoms with van der Waals surface area (Å²) in [4.78, 5) is 10.5. The Morgan fingerprint density at radius 1 is 1.50 bits per heavy atom. The molecule has 0 aromatic carbocycles. The van der Waals surface area contributed by atoms with Gasteiger partial charge in [0, 0.05) is 13.1 Å². The average molecular weight is 170 g/mol. The van der Waals surface area contributed by atoms with Crippen molar-refractivity contribution in [3.05, 3.63) is 0 Å². The monoisotopic (exact) mass is 170 g/mol. The van der Waals surface area contributed by atoms with Crippen LogP contribution in [-0.4, -0.2) is 12.1 Å². The van der Waals surface area contributed by atoms with Crippen LogP contribution in [0.15, 0.2) is 5.10 Å². The van der Waals surface area contributed by atoms with Gasteiger partial charge < -0.3 is 0 Å². The zero-order valence-corrected chi connectivity index (χ0v) is 8.51. The van der Waals surface area contributed by atoms with Crippen LogP contribution in [0.5, 0.6) is 0 Å². The first-order valence-corrected chi connectivity index (χ1v) is 4.14. The largest absolute Gasteiger partial charge is 0.274 e. The van der Waals surface area contributed by atoms with E-state index in [1.165, 1.54) is 6.92 Å². The fourth-order valence-electron chi connectivity index (χ4n) is 0.464. The summed E-state index contributed by atoms with van der Waals surface area (Å²) in [5.41, 5.74) is 2.58. The molecule has 12 heavy (non-hydrogen) atoms. The Morgan fingerprint density at radius 2 is 2.00 bits per heavy atom. The number of carbonyl (C=O) groups excluding carboxylic acids is 1. The quantitative estimate of drug-likeness (QED) is 0.498. The van der Waals surface area contributed by atoms with E-state index in [2.05, 4.69) is 38.2 Å². The SMILES string of the molecule is CC(=O)N/N=C/C(C)C(C)(C)C. The van der Waals surface area contributed by atoms with Gasteiger partial charge in [-0.05, 0) is 11.3 Å². The summed E-state index contributed by atoms with van der Waals surface area (Å²) >= 11 is 0. The minimum absolute atomic E-state index is 0.132. The van der Waals surface area contributed by atoms with Crippen LogP contribution in [0, 0.1) is 11.3 Å². The Bertz CT molecular complexity index is 179. The Balaban J connectivity index is 3.92. The summed E-state index contributed by atoms with van der Waals surface area (Å²) in [5.74, 6) is 0.219. The molecule has 0 aromatic rings. The lowest BCUT2D eigenvalue weighted by Gasteiger charge is -2.23. The van der Waals surface area contributed by atoms with Gasteiger partial charge in [-0.15, -0.1) is 0 Å². The normalized spacial score (nSPS) is 14.8. The van der Waals surface area contributed by atoms with E-state index in [4.69, 9.17) is 0 Å². The fourth-order valence-corrected chi connectivity index (χ4v) is 0.464. The number of hydrogen-bond acceptors (Lipinski definition) is 2. The summed E-state index contributed by atoms with van der Waals surface area (Å²) in [6.07, 6.45) is 1.77. The molecule has 0 aliphatic rings. The second-order valence-corrected chi connectivity index (χ2v) is 4.10. The van der Waals surface area contributed by atoms with Gasteiger partial charge in [0.15, 0.2) is 0 Å². The van der Waals surface area contributed by atoms with Crippen molar-refractivity contribution in [1.29, 1.82) is 0 Å². The molecule has 3 nitrogen and oxygen atoms in total. The highest BCUT2D eigenvalue weighted by Gasteiger charge is 2.17.